The maximum absolute atomic E-state index is 12.9. The van der Waals surface area contributed by atoms with Gasteiger partial charge in [0, 0.05) is 10.9 Å². The summed E-state index contributed by atoms with van der Waals surface area (Å²) in [5.74, 6) is -0.175. The predicted molar refractivity (Wildman–Crippen MR) is 53.7 cm³/mol. The third-order valence-electron chi connectivity index (χ3n) is 2.29. The molecule has 5 heteroatoms. The number of hydrogen-bond acceptors (Lipinski definition) is 2. The minimum absolute atomic E-state index is 0.147. The maximum Gasteiger partial charge on any atom is 0.298 e. The van der Waals surface area contributed by atoms with E-state index >= 15 is 0 Å². The molecule has 2 heterocycles. The summed E-state index contributed by atoms with van der Waals surface area (Å²) in [7, 11) is 0. The standard InChI is InChI=1S/C11H6F2N2O/c12-7-1-2-8-6(3-7)4-9(15-8)11-14-5-10(13)16-11/h1-5,15H. The van der Waals surface area contributed by atoms with E-state index in [1.165, 1.54) is 12.1 Å². The van der Waals surface area contributed by atoms with Crippen LogP contribution < -0.4 is 0 Å². The van der Waals surface area contributed by atoms with E-state index in [0.29, 0.717) is 11.1 Å². The van der Waals surface area contributed by atoms with E-state index in [4.69, 9.17) is 4.42 Å². The van der Waals surface area contributed by atoms with Crippen molar-refractivity contribution >= 4 is 10.9 Å². The van der Waals surface area contributed by atoms with Gasteiger partial charge in [0.25, 0.3) is 6.01 Å². The lowest BCUT2D eigenvalue weighted by atomic mass is 10.2. The predicted octanol–water partition coefficient (Wildman–Crippen LogP) is 3.10. The third-order valence-corrected chi connectivity index (χ3v) is 2.29. The molecule has 0 saturated heterocycles. The van der Waals surface area contributed by atoms with Gasteiger partial charge in [0.2, 0.25) is 5.89 Å². The van der Waals surface area contributed by atoms with Gasteiger partial charge in [-0.3, -0.25) is 0 Å². The molecule has 0 aliphatic rings. The van der Waals surface area contributed by atoms with Crippen LogP contribution in [0.3, 0.4) is 0 Å². The number of rotatable bonds is 1. The van der Waals surface area contributed by atoms with E-state index in [1.807, 2.05) is 0 Å². The van der Waals surface area contributed by atoms with E-state index in [9.17, 15) is 8.78 Å². The second kappa shape index (κ2) is 3.16. The molecule has 0 bridgehead atoms. The van der Waals surface area contributed by atoms with Crippen LogP contribution in [0.25, 0.3) is 22.5 Å². The monoisotopic (exact) mass is 220 g/mol. The zero-order valence-corrected chi connectivity index (χ0v) is 8.00. The zero-order valence-electron chi connectivity index (χ0n) is 8.00. The average Bonchev–Trinajstić information content (AvgIpc) is 2.83. The topological polar surface area (TPSA) is 41.8 Å². The second-order valence-corrected chi connectivity index (χ2v) is 3.38. The molecule has 0 fully saturated rings. The number of oxazole rings is 1. The van der Waals surface area contributed by atoms with Gasteiger partial charge < -0.3 is 9.40 Å². The van der Waals surface area contributed by atoms with Crippen LogP contribution in [0.5, 0.6) is 0 Å². The Morgan fingerprint density at radius 1 is 1.19 bits per heavy atom. The molecule has 0 unspecified atom stereocenters. The number of halogens is 2. The first-order valence-corrected chi connectivity index (χ1v) is 4.62. The average molecular weight is 220 g/mol. The molecule has 0 radical (unpaired) electrons. The number of H-pyrrole nitrogens is 1. The summed E-state index contributed by atoms with van der Waals surface area (Å²) >= 11 is 0. The minimum atomic E-state index is -0.750. The lowest BCUT2D eigenvalue weighted by Gasteiger charge is -1.88. The smallest absolute Gasteiger partial charge is 0.298 e. The Kier molecular flexibility index (Phi) is 1.80. The van der Waals surface area contributed by atoms with Crippen LogP contribution in [0.1, 0.15) is 0 Å². The molecule has 3 rings (SSSR count). The van der Waals surface area contributed by atoms with Crippen LogP contribution >= 0.6 is 0 Å². The highest BCUT2D eigenvalue weighted by molar-refractivity contribution is 5.84. The van der Waals surface area contributed by atoms with Gasteiger partial charge in [-0.25, -0.2) is 9.37 Å². The highest BCUT2D eigenvalue weighted by atomic mass is 19.1. The maximum atomic E-state index is 12.9. The summed E-state index contributed by atoms with van der Waals surface area (Å²) in [5, 5.41) is 0.689. The van der Waals surface area contributed by atoms with Gasteiger partial charge in [-0.2, -0.15) is 4.39 Å². The number of benzene rings is 1. The quantitative estimate of drug-likeness (QED) is 0.684. The van der Waals surface area contributed by atoms with Crippen molar-refractivity contribution in [3.05, 3.63) is 42.3 Å². The van der Waals surface area contributed by atoms with Crippen LogP contribution in [0, 0.1) is 11.8 Å². The Bertz CT molecular complexity index is 657. The molecule has 0 amide bonds. The van der Waals surface area contributed by atoms with Crippen LogP contribution in [-0.2, 0) is 0 Å². The molecule has 3 aromatic rings. The van der Waals surface area contributed by atoms with Crippen molar-refractivity contribution in [3.63, 3.8) is 0 Å². The van der Waals surface area contributed by atoms with Crippen molar-refractivity contribution in [2.45, 2.75) is 0 Å². The number of nitrogens with one attached hydrogen (secondary N) is 1. The van der Waals surface area contributed by atoms with Crippen LogP contribution in [0.15, 0.2) is 34.9 Å². The third kappa shape index (κ3) is 1.37. The molecular formula is C11H6F2N2O. The van der Waals surface area contributed by atoms with Crippen molar-refractivity contribution in [2.24, 2.45) is 0 Å². The number of aromatic nitrogens is 2. The second-order valence-electron chi connectivity index (χ2n) is 3.38. The van der Waals surface area contributed by atoms with Gasteiger partial charge in [0.1, 0.15) is 17.7 Å². The highest BCUT2D eigenvalue weighted by Crippen LogP contribution is 2.24. The molecule has 0 spiro atoms. The first kappa shape index (κ1) is 9.08. The van der Waals surface area contributed by atoms with Gasteiger partial charge >= 0.3 is 0 Å². The molecule has 0 atom stereocenters. The summed E-state index contributed by atoms with van der Waals surface area (Å²) < 4.78 is 30.3. The van der Waals surface area contributed by atoms with E-state index in [0.717, 1.165) is 11.7 Å². The van der Waals surface area contributed by atoms with Crippen LogP contribution in [0.2, 0.25) is 0 Å². The normalized spacial score (nSPS) is 11.1. The van der Waals surface area contributed by atoms with Crippen molar-refractivity contribution in [1.29, 1.82) is 0 Å². The molecule has 80 valence electrons. The van der Waals surface area contributed by atoms with Gasteiger partial charge in [0.15, 0.2) is 0 Å². The molecule has 0 aliphatic carbocycles. The summed E-state index contributed by atoms with van der Waals surface area (Å²) in [6.07, 6.45) is 0.988. The van der Waals surface area contributed by atoms with Crippen molar-refractivity contribution in [2.75, 3.05) is 0 Å². The Labute approximate surface area is 88.7 Å². The van der Waals surface area contributed by atoms with Gasteiger partial charge in [-0.1, -0.05) is 0 Å². The minimum Gasteiger partial charge on any atom is -0.409 e. The molecule has 3 nitrogen and oxygen atoms in total. The molecule has 1 aromatic carbocycles. The fourth-order valence-corrected chi connectivity index (χ4v) is 1.60. The Morgan fingerprint density at radius 2 is 2.06 bits per heavy atom. The van der Waals surface area contributed by atoms with Crippen LogP contribution in [0.4, 0.5) is 8.78 Å². The fourth-order valence-electron chi connectivity index (χ4n) is 1.60. The van der Waals surface area contributed by atoms with Crippen molar-refractivity contribution < 1.29 is 13.2 Å². The first-order valence-electron chi connectivity index (χ1n) is 4.62. The summed E-state index contributed by atoms with van der Waals surface area (Å²) in [6, 6.07) is 5.24. The molecule has 0 aliphatic heterocycles. The highest BCUT2D eigenvalue weighted by Gasteiger charge is 2.09. The van der Waals surface area contributed by atoms with E-state index < -0.39 is 6.01 Å². The first-order chi connectivity index (χ1) is 7.72. The zero-order chi connectivity index (χ0) is 11.1. The SMILES string of the molecule is Fc1ccc2[nH]c(-c3ncc(F)o3)cc2c1. The van der Waals surface area contributed by atoms with Crippen LogP contribution in [-0.4, -0.2) is 9.97 Å². The molecular weight excluding hydrogens is 214 g/mol. The van der Waals surface area contributed by atoms with E-state index in [2.05, 4.69) is 9.97 Å². The molecule has 0 saturated carbocycles. The Morgan fingerprint density at radius 3 is 2.81 bits per heavy atom. The number of hydrogen-bond donors (Lipinski definition) is 1. The van der Waals surface area contributed by atoms with Gasteiger partial charge in [0.05, 0.1) is 0 Å². The number of fused-ring (bicyclic) bond motifs is 1. The van der Waals surface area contributed by atoms with Gasteiger partial charge in [-0.05, 0) is 24.3 Å². The van der Waals surface area contributed by atoms with E-state index in [1.54, 1.807) is 12.1 Å². The lowest BCUT2D eigenvalue weighted by molar-refractivity contribution is 0.365. The molecule has 1 N–H and O–H groups in total. The summed E-state index contributed by atoms with van der Waals surface area (Å²) in [4.78, 5) is 6.70. The fraction of sp³-hybridized carbons (Fsp3) is 0. The molecule has 2 aromatic heterocycles. The van der Waals surface area contributed by atoms with E-state index in [-0.39, 0.29) is 11.7 Å². The van der Waals surface area contributed by atoms with Gasteiger partial charge in [-0.15, -0.1) is 0 Å². The molecule has 16 heavy (non-hydrogen) atoms. The van der Waals surface area contributed by atoms with Crippen molar-refractivity contribution in [1.82, 2.24) is 9.97 Å². The van der Waals surface area contributed by atoms with Crippen molar-refractivity contribution in [3.8, 4) is 11.6 Å². The summed E-state index contributed by atoms with van der Waals surface area (Å²) in [6.45, 7) is 0. The Balaban J connectivity index is 2.18. The number of aromatic amines is 1. The Hall–Kier alpha value is -2.17. The lowest BCUT2D eigenvalue weighted by Crippen LogP contribution is -1.74. The summed E-state index contributed by atoms with van der Waals surface area (Å²) in [5.41, 5.74) is 1.26. The largest absolute Gasteiger partial charge is 0.409 e. The number of nitrogens with zero attached hydrogens (tertiary/aromatic N) is 1.